The fourth-order valence-electron chi connectivity index (χ4n) is 1.82. The Kier molecular flexibility index (Phi) is 4.37. The van der Waals surface area contributed by atoms with E-state index in [4.69, 9.17) is 29.0 Å². The topological polar surface area (TPSA) is 38.0 Å². The number of hydrazine groups is 1. The monoisotopic (exact) mass is 302 g/mol. The van der Waals surface area contributed by atoms with E-state index in [1.807, 2.05) is 0 Å². The second-order valence-electron chi connectivity index (χ2n) is 3.93. The minimum Gasteiger partial charge on any atom is -0.271 e. The first-order chi connectivity index (χ1) is 9.02. The molecule has 0 amide bonds. The first-order valence-corrected chi connectivity index (χ1v) is 6.14. The van der Waals surface area contributed by atoms with Crippen molar-refractivity contribution in [1.29, 1.82) is 0 Å². The second-order valence-corrected chi connectivity index (χ2v) is 4.77. The fourth-order valence-corrected chi connectivity index (χ4v) is 2.23. The third kappa shape index (κ3) is 3.04. The third-order valence-electron chi connectivity index (χ3n) is 2.70. The van der Waals surface area contributed by atoms with E-state index in [1.54, 1.807) is 18.2 Å². The van der Waals surface area contributed by atoms with Gasteiger partial charge in [0.2, 0.25) is 0 Å². The van der Waals surface area contributed by atoms with Crippen molar-refractivity contribution in [2.75, 3.05) is 0 Å². The zero-order valence-electron chi connectivity index (χ0n) is 9.63. The molecule has 0 saturated heterocycles. The summed E-state index contributed by atoms with van der Waals surface area (Å²) in [5, 5.41) is 0.785. The third-order valence-corrected chi connectivity index (χ3v) is 3.28. The van der Waals surface area contributed by atoms with E-state index >= 15 is 0 Å². The van der Waals surface area contributed by atoms with E-state index in [0.29, 0.717) is 15.6 Å². The average molecular weight is 303 g/mol. The van der Waals surface area contributed by atoms with Crippen molar-refractivity contribution in [2.24, 2.45) is 5.84 Å². The largest absolute Gasteiger partial charge is 0.271 e. The molecule has 1 unspecified atom stereocenters. The lowest BCUT2D eigenvalue weighted by molar-refractivity contribution is 0.545. The standard InChI is InChI=1S/C13H10Cl2F2N2/c14-7-1-3-11(15)9(5-7)13(19-18)10-6-8(16)2-4-12(10)17/h1-6,13,19H,18H2. The summed E-state index contributed by atoms with van der Waals surface area (Å²) in [7, 11) is 0. The number of hydrogen-bond donors (Lipinski definition) is 2. The molecule has 100 valence electrons. The number of benzene rings is 2. The summed E-state index contributed by atoms with van der Waals surface area (Å²) in [6, 6.07) is 7.07. The molecule has 1 atom stereocenters. The lowest BCUT2D eigenvalue weighted by Gasteiger charge is -2.19. The van der Waals surface area contributed by atoms with Crippen LogP contribution in [-0.4, -0.2) is 0 Å². The minimum atomic E-state index is -0.790. The SMILES string of the molecule is NNC(c1cc(F)ccc1F)c1cc(Cl)ccc1Cl. The molecule has 2 aromatic rings. The zero-order valence-corrected chi connectivity index (χ0v) is 11.1. The van der Waals surface area contributed by atoms with Crippen LogP contribution in [0.1, 0.15) is 17.2 Å². The molecule has 0 saturated carbocycles. The molecule has 0 spiro atoms. The van der Waals surface area contributed by atoms with Gasteiger partial charge in [0.25, 0.3) is 0 Å². The molecular formula is C13H10Cl2F2N2. The smallest absolute Gasteiger partial charge is 0.128 e. The van der Waals surface area contributed by atoms with Crippen molar-refractivity contribution >= 4 is 23.2 Å². The zero-order chi connectivity index (χ0) is 14.0. The molecule has 0 bridgehead atoms. The molecule has 0 heterocycles. The van der Waals surface area contributed by atoms with Gasteiger partial charge in [-0.1, -0.05) is 23.2 Å². The maximum absolute atomic E-state index is 13.8. The highest BCUT2D eigenvalue weighted by Crippen LogP contribution is 2.31. The van der Waals surface area contributed by atoms with Gasteiger partial charge in [-0.05, 0) is 42.0 Å². The van der Waals surface area contributed by atoms with E-state index in [9.17, 15) is 8.78 Å². The highest BCUT2D eigenvalue weighted by Gasteiger charge is 2.20. The number of nitrogens with two attached hydrogens (primary N) is 1. The lowest BCUT2D eigenvalue weighted by Crippen LogP contribution is -2.29. The van der Waals surface area contributed by atoms with E-state index in [-0.39, 0.29) is 5.56 Å². The molecule has 0 fully saturated rings. The molecule has 0 aliphatic carbocycles. The maximum atomic E-state index is 13.8. The Morgan fingerprint density at radius 2 is 1.74 bits per heavy atom. The van der Waals surface area contributed by atoms with Gasteiger partial charge >= 0.3 is 0 Å². The predicted molar refractivity (Wildman–Crippen MR) is 72.0 cm³/mol. The summed E-state index contributed by atoms with van der Waals surface area (Å²) in [6.07, 6.45) is 0. The van der Waals surface area contributed by atoms with Gasteiger partial charge in [-0.25, -0.2) is 14.2 Å². The van der Waals surface area contributed by atoms with Crippen LogP contribution in [0.2, 0.25) is 10.0 Å². The fraction of sp³-hybridized carbons (Fsp3) is 0.0769. The van der Waals surface area contributed by atoms with Crippen LogP contribution in [0.4, 0.5) is 8.78 Å². The Balaban J connectivity index is 2.55. The summed E-state index contributed by atoms with van der Waals surface area (Å²) in [5.41, 5.74) is 2.96. The summed E-state index contributed by atoms with van der Waals surface area (Å²) >= 11 is 11.9. The van der Waals surface area contributed by atoms with Crippen LogP contribution in [-0.2, 0) is 0 Å². The molecule has 6 heteroatoms. The van der Waals surface area contributed by atoms with Crippen LogP contribution >= 0.6 is 23.2 Å². The first-order valence-electron chi connectivity index (χ1n) is 5.39. The summed E-state index contributed by atoms with van der Waals surface area (Å²) < 4.78 is 27.0. The summed E-state index contributed by atoms with van der Waals surface area (Å²) in [6.45, 7) is 0. The van der Waals surface area contributed by atoms with Gasteiger partial charge in [-0.15, -0.1) is 0 Å². The highest BCUT2D eigenvalue weighted by atomic mass is 35.5. The Morgan fingerprint density at radius 1 is 1.00 bits per heavy atom. The number of rotatable bonds is 3. The number of nitrogens with one attached hydrogen (secondary N) is 1. The van der Waals surface area contributed by atoms with Crippen LogP contribution in [0.25, 0.3) is 0 Å². The van der Waals surface area contributed by atoms with E-state index in [1.165, 1.54) is 0 Å². The molecule has 0 aromatic heterocycles. The second kappa shape index (κ2) is 5.84. The Bertz CT molecular complexity index is 554. The minimum absolute atomic E-state index is 0.0617. The van der Waals surface area contributed by atoms with Crippen molar-refractivity contribution in [3.05, 3.63) is 69.2 Å². The van der Waals surface area contributed by atoms with Crippen molar-refractivity contribution < 1.29 is 8.78 Å². The van der Waals surface area contributed by atoms with Crippen molar-refractivity contribution in [3.63, 3.8) is 0 Å². The average Bonchev–Trinajstić information content (AvgIpc) is 2.38. The van der Waals surface area contributed by atoms with Gasteiger partial charge in [0.1, 0.15) is 11.6 Å². The molecule has 0 radical (unpaired) electrons. The van der Waals surface area contributed by atoms with Crippen LogP contribution in [0.3, 0.4) is 0 Å². The van der Waals surface area contributed by atoms with Crippen LogP contribution in [0.15, 0.2) is 36.4 Å². The van der Waals surface area contributed by atoms with Crippen molar-refractivity contribution in [1.82, 2.24) is 5.43 Å². The van der Waals surface area contributed by atoms with Crippen LogP contribution in [0.5, 0.6) is 0 Å². The van der Waals surface area contributed by atoms with E-state index < -0.39 is 17.7 Å². The lowest BCUT2D eigenvalue weighted by atomic mass is 9.98. The van der Waals surface area contributed by atoms with Gasteiger partial charge in [-0.3, -0.25) is 5.84 Å². The molecule has 3 N–H and O–H groups in total. The summed E-state index contributed by atoms with van der Waals surface area (Å²) in [5.74, 6) is 4.29. The Hall–Kier alpha value is -1.20. The maximum Gasteiger partial charge on any atom is 0.128 e. The Morgan fingerprint density at radius 3 is 2.42 bits per heavy atom. The number of halogens is 4. The molecule has 19 heavy (non-hydrogen) atoms. The normalized spacial score (nSPS) is 12.5. The molecule has 0 aliphatic heterocycles. The highest BCUT2D eigenvalue weighted by molar-refractivity contribution is 6.33. The number of hydrogen-bond acceptors (Lipinski definition) is 2. The van der Waals surface area contributed by atoms with E-state index in [0.717, 1.165) is 18.2 Å². The summed E-state index contributed by atoms with van der Waals surface area (Å²) in [4.78, 5) is 0. The van der Waals surface area contributed by atoms with Crippen molar-refractivity contribution in [3.8, 4) is 0 Å². The molecular weight excluding hydrogens is 293 g/mol. The van der Waals surface area contributed by atoms with Crippen LogP contribution in [0, 0.1) is 11.6 Å². The first kappa shape index (κ1) is 14.2. The van der Waals surface area contributed by atoms with Crippen molar-refractivity contribution in [2.45, 2.75) is 6.04 Å². The van der Waals surface area contributed by atoms with Gasteiger partial charge in [0.15, 0.2) is 0 Å². The van der Waals surface area contributed by atoms with Gasteiger partial charge in [-0.2, -0.15) is 0 Å². The molecule has 2 aromatic carbocycles. The molecule has 2 rings (SSSR count). The van der Waals surface area contributed by atoms with E-state index in [2.05, 4.69) is 5.43 Å². The van der Waals surface area contributed by atoms with Crippen LogP contribution < -0.4 is 11.3 Å². The van der Waals surface area contributed by atoms with Gasteiger partial charge < -0.3 is 0 Å². The predicted octanol–water partition coefficient (Wildman–Crippen LogP) is 3.82. The molecule has 0 aliphatic rings. The van der Waals surface area contributed by atoms with Gasteiger partial charge in [0, 0.05) is 15.6 Å². The molecule has 2 nitrogen and oxygen atoms in total. The Labute approximate surface area is 119 Å². The quantitative estimate of drug-likeness (QED) is 0.668. The van der Waals surface area contributed by atoms with Gasteiger partial charge in [0.05, 0.1) is 6.04 Å².